The molecule has 1 amide bonds. The Balaban J connectivity index is 1.99. The van der Waals surface area contributed by atoms with E-state index in [1.165, 1.54) is 49.4 Å². The highest BCUT2D eigenvalue weighted by atomic mass is 32.2. The van der Waals surface area contributed by atoms with E-state index in [1.54, 1.807) is 13.8 Å². The fourth-order valence-electron chi connectivity index (χ4n) is 2.24. The third-order valence-electron chi connectivity index (χ3n) is 3.54. The summed E-state index contributed by atoms with van der Waals surface area (Å²) in [4.78, 5) is 24.2. The number of hydrogen-bond acceptors (Lipinski definition) is 5. The second-order valence-electron chi connectivity index (χ2n) is 6.35. The standard InChI is InChI=1S/C19H21FN2O5S/c1-12(2)22-28(25,26)17-9-7-16(8-10-17)21-18(23)13(3)27-19(24)14-5-4-6-15(20)11-14/h4-13,22H,1-3H3,(H,21,23). The fourth-order valence-corrected chi connectivity index (χ4v) is 3.49. The van der Waals surface area contributed by atoms with E-state index in [2.05, 4.69) is 10.0 Å². The molecule has 0 aromatic heterocycles. The zero-order valence-electron chi connectivity index (χ0n) is 15.6. The molecule has 0 fully saturated rings. The SMILES string of the molecule is CC(C)NS(=O)(=O)c1ccc(NC(=O)C(C)OC(=O)c2cccc(F)c2)cc1. The minimum Gasteiger partial charge on any atom is -0.449 e. The van der Waals surface area contributed by atoms with Crippen LogP contribution in [-0.2, 0) is 19.6 Å². The van der Waals surface area contributed by atoms with Gasteiger partial charge in [0.15, 0.2) is 6.10 Å². The van der Waals surface area contributed by atoms with E-state index in [-0.39, 0.29) is 16.5 Å². The van der Waals surface area contributed by atoms with Gasteiger partial charge in [-0.1, -0.05) is 6.07 Å². The smallest absolute Gasteiger partial charge is 0.339 e. The number of ether oxygens (including phenoxy) is 1. The number of benzene rings is 2. The second-order valence-corrected chi connectivity index (χ2v) is 8.06. The molecule has 0 aliphatic rings. The molecule has 0 radical (unpaired) electrons. The maximum Gasteiger partial charge on any atom is 0.339 e. The zero-order chi connectivity index (χ0) is 20.9. The number of sulfonamides is 1. The molecule has 0 heterocycles. The van der Waals surface area contributed by atoms with Crippen molar-refractivity contribution in [1.82, 2.24) is 4.72 Å². The summed E-state index contributed by atoms with van der Waals surface area (Å²) in [6, 6.07) is 10.2. The molecular weight excluding hydrogens is 387 g/mol. The number of rotatable bonds is 7. The summed E-state index contributed by atoms with van der Waals surface area (Å²) in [6.45, 7) is 4.79. The maximum atomic E-state index is 13.2. The number of anilines is 1. The molecule has 7 nitrogen and oxygen atoms in total. The first-order chi connectivity index (χ1) is 13.1. The highest BCUT2D eigenvalue weighted by Gasteiger charge is 2.20. The van der Waals surface area contributed by atoms with Crippen LogP contribution in [0.3, 0.4) is 0 Å². The average Bonchev–Trinajstić information content (AvgIpc) is 2.61. The Morgan fingerprint density at radius 3 is 2.25 bits per heavy atom. The number of esters is 1. The molecule has 9 heteroatoms. The molecule has 0 aliphatic heterocycles. The van der Waals surface area contributed by atoms with Gasteiger partial charge in [-0.15, -0.1) is 0 Å². The van der Waals surface area contributed by atoms with Crippen LogP contribution in [0.1, 0.15) is 31.1 Å². The molecule has 2 aromatic rings. The van der Waals surface area contributed by atoms with E-state index in [0.717, 1.165) is 6.07 Å². The van der Waals surface area contributed by atoms with E-state index in [9.17, 15) is 22.4 Å². The summed E-state index contributed by atoms with van der Waals surface area (Å²) < 4.78 is 44.8. The number of carbonyl (C=O) groups excluding carboxylic acids is 2. The van der Waals surface area contributed by atoms with Gasteiger partial charge in [0.25, 0.3) is 5.91 Å². The molecule has 2 N–H and O–H groups in total. The lowest BCUT2D eigenvalue weighted by atomic mass is 10.2. The van der Waals surface area contributed by atoms with Crippen LogP contribution < -0.4 is 10.0 Å². The molecule has 0 saturated carbocycles. The predicted octanol–water partition coefficient (Wildman–Crippen LogP) is 2.70. The molecule has 0 aliphatic carbocycles. The molecule has 150 valence electrons. The highest BCUT2D eigenvalue weighted by Crippen LogP contribution is 2.15. The van der Waals surface area contributed by atoms with Crippen molar-refractivity contribution < 1.29 is 27.1 Å². The van der Waals surface area contributed by atoms with E-state index in [4.69, 9.17) is 4.74 Å². The van der Waals surface area contributed by atoms with Crippen LogP contribution in [0.5, 0.6) is 0 Å². The molecule has 0 spiro atoms. The van der Waals surface area contributed by atoms with Crippen LogP contribution in [0.15, 0.2) is 53.4 Å². The monoisotopic (exact) mass is 408 g/mol. The van der Waals surface area contributed by atoms with E-state index in [1.807, 2.05) is 0 Å². The van der Waals surface area contributed by atoms with Gasteiger partial charge in [-0.3, -0.25) is 4.79 Å². The van der Waals surface area contributed by atoms with Crippen molar-refractivity contribution in [3.63, 3.8) is 0 Å². The Hall–Kier alpha value is -2.78. The Labute approximate surface area is 163 Å². The third kappa shape index (κ3) is 5.86. The van der Waals surface area contributed by atoms with Crippen molar-refractivity contribution in [1.29, 1.82) is 0 Å². The summed E-state index contributed by atoms with van der Waals surface area (Å²) in [7, 11) is -3.63. The topological polar surface area (TPSA) is 102 Å². The Kier molecular flexibility index (Phi) is 6.87. The lowest BCUT2D eigenvalue weighted by Gasteiger charge is -2.14. The molecule has 28 heavy (non-hydrogen) atoms. The van der Waals surface area contributed by atoms with Crippen LogP contribution in [0.4, 0.5) is 10.1 Å². The number of nitrogens with one attached hydrogen (secondary N) is 2. The molecular formula is C19H21FN2O5S. The molecule has 2 aromatic carbocycles. The second kappa shape index (κ2) is 8.94. The van der Waals surface area contributed by atoms with E-state index in [0.29, 0.717) is 5.69 Å². The van der Waals surface area contributed by atoms with Gasteiger partial charge in [-0.2, -0.15) is 0 Å². The first-order valence-corrected chi connectivity index (χ1v) is 9.96. The quantitative estimate of drug-likeness (QED) is 0.686. The van der Waals surface area contributed by atoms with Gasteiger partial charge >= 0.3 is 5.97 Å². The molecule has 0 bridgehead atoms. The van der Waals surface area contributed by atoms with Crippen LogP contribution in [0.2, 0.25) is 0 Å². The van der Waals surface area contributed by atoms with Crippen molar-refractivity contribution in [2.75, 3.05) is 5.32 Å². The normalized spacial score (nSPS) is 12.5. The van der Waals surface area contributed by atoms with E-state index < -0.39 is 33.8 Å². The summed E-state index contributed by atoms with van der Waals surface area (Å²) in [5, 5.41) is 2.52. The minimum atomic E-state index is -3.63. The van der Waals surface area contributed by atoms with Gasteiger partial charge in [-0.25, -0.2) is 22.3 Å². The molecule has 0 saturated heterocycles. The summed E-state index contributed by atoms with van der Waals surface area (Å²) in [5.74, 6) is -2.03. The number of hydrogen-bond donors (Lipinski definition) is 2. The summed E-state index contributed by atoms with van der Waals surface area (Å²) in [6.07, 6.45) is -1.14. The average molecular weight is 408 g/mol. The fraction of sp³-hybridized carbons (Fsp3) is 0.263. The number of carbonyl (C=O) groups is 2. The minimum absolute atomic E-state index is 0.00754. The lowest BCUT2D eigenvalue weighted by molar-refractivity contribution is -0.123. The molecule has 1 atom stereocenters. The van der Waals surface area contributed by atoms with Gasteiger partial charge in [0, 0.05) is 11.7 Å². The third-order valence-corrected chi connectivity index (χ3v) is 5.21. The van der Waals surface area contributed by atoms with Crippen LogP contribution in [-0.4, -0.2) is 32.4 Å². The predicted molar refractivity (Wildman–Crippen MR) is 102 cm³/mol. The van der Waals surface area contributed by atoms with Crippen molar-refractivity contribution in [2.24, 2.45) is 0 Å². The highest BCUT2D eigenvalue weighted by molar-refractivity contribution is 7.89. The Morgan fingerprint density at radius 1 is 1.04 bits per heavy atom. The first-order valence-electron chi connectivity index (χ1n) is 8.48. The van der Waals surface area contributed by atoms with Gasteiger partial charge in [0.1, 0.15) is 5.82 Å². The van der Waals surface area contributed by atoms with Crippen LogP contribution >= 0.6 is 0 Å². The lowest BCUT2D eigenvalue weighted by Crippen LogP contribution is -2.30. The summed E-state index contributed by atoms with van der Waals surface area (Å²) >= 11 is 0. The van der Waals surface area contributed by atoms with Gasteiger partial charge in [-0.05, 0) is 63.2 Å². The van der Waals surface area contributed by atoms with Crippen LogP contribution in [0, 0.1) is 5.82 Å². The van der Waals surface area contributed by atoms with Gasteiger partial charge in [0.05, 0.1) is 10.5 Å². The van der Waals surface area contributed by atoms with Crippen molar-refractivity contribution in [3.05, 3.63) is 59.9 Å². The Bertz CT molecular complexity index is 959. The Morgan fingerprint density at radius 2 is 1.68 bits per heavy atom. The van der Waals surface area contributed by atoms with Gasteiger partial charge < -0.3 is 10.1 Å². The molecule has 1 unspecified atom stereocenters. The van der Waals surface area contributed by atoms with Crippen molar-refractivity contribution in [2.45, 2.75) is 37.8 Å². The van der Waals surface area contributed by atoms with Crippen molar-refractivity contribution in [3.8, 4) is 0 Å². The van der Waals surface area contributed by atoms with Gasteiger partial charge in [0.2, 0.25) is 10.0 Å². The van der Waals surface area contributed by atoms with Crippen molar-refractivity contribution >= 4 is 27.6 Å². The zero-order valence-corrected chi connectivity index (χ0v) is 16.4. The number of amides is 1. The summed E-state index contributed by atoms with van der Waals surface area (Å²) in [5.41, 5.74) is 0.328. The molecule has 2 rings (SSSR count). The number of halogens is 1. The van der Waals surface area contributed by atoms with E-state index >= 15 is 0 Å². The largest absolute Gasteiger partial charge is 0.449 e. The van der Waals surface area contributed by atoms with Crippen LogP contribution in [0.25, 0.3) is 0 Å². The maximum absolute atomic E-state index is 13.2. The first kappa shape index (κ1) is 21.5.